The van der Waals surface area contributed by atoms with E-state index < -0.39 is 0 Å². The first-order chi connectivity index (χ1) is 7.77. The minimum atomic E-state index is 0.650. The maximum Gasteiger partial charge on any atom is 0.215 e. The van der Waals surface area contributed by atoms with Gasteiger partial charge in [-0.25, -0.2) is 0 Å². The Balaban J connectivity index is 2.53. The van der Waals surface area contributed by atoms with Crippen LogP contribution in [0.2, 0.25) is 0 Å². The van der Waals surface area contributed by atoms with E-state index in [4.69, 9.17) is 4.74 Å². The van der Waals surface area contributed by atoms with Crippen LogP contribution in [0.1, 0.15) is 13.8 Å². The molecule has 16 heavy (non-hydrogen) atoms. The molecule has 1 N–H and O–H groups in total. The molecule has 0 aliphatic carbocycles. The van der Waals surface area contributed by atoms with Crippen LogP contribution in [0.4, 0.5) is 5.82 Å². The molecular weight excluding hydrogens is 202 g/mol. The first-order valence-corrected chi connectivity index (χ1v) is 5.79. The van der Waals surface area contributed by atoms with Crippen LogP contribution in [0.25, 0.3) is 0 Å². The molecule has 1 aromatic rings. The summed E-state index contributed by atoms with van der Waals surface area (Å²) < 4.78 is 5.37. The number of rotatable bonds is 7. The molecule has 0 spiro atoms. The normalized spacial score (nSPS) is 10.2. The minimum Gasteiger partial charge on any atom is -0.478 e. The molecule has 1 heterocycles. The lowest BCUT2D eigenvalue weighted by molar-refractivity contribution is 0.327. The van der Waals surface area contributed by atoms with Crippen molar-refractivity contribution in [2.24, 2.45) is 0 Å². The predicted molar refractivity (Wildman–Crippen MR) is 67.2 cm³/mol. The molecule has 0 saturated heterocycles. The Morgan fingerprint density at radius 2 is 2.19 bits per heavy atom. The van der Waals surface area contributed by atoms with Gasteiger partial charge in [0.05, 0.1) is 6.61 Å². The first kappa shape index (κ1) is 12.8. The SMILES string of the molecule is CCNCCN(C)c1cccc(OCC)n1. The number of likely N-dealkylation sites (N-methyl/N-ethyl adjacent to an activating group) is 2. The molecule has 0 unspecified atom stereocenters. The van der Waals surface area contributed by atoms with Crippen molar-refractivity contribution in [1.29, 1.82) is 0 Å². The second-order valence-corrected chi connectivity index (χ2v) is 3.54. The van der Waals surface area contributed by atoms with Gasteiger partial charge in [-0.1, -0.05) is 13.0 Å². The molecule has 0 aromatic carbocycles. The fraction of sp³-hybridized carbons (Fsp3) is 0.583. The van der Waals surface area contributed by atoms with Gasteiger partial charge in [0.15, 0.2) is 0 Å². The van der Waals surface area contributed by atoms with E-state index >= 15 is 0 Å². The Morgan fingerprint density at radius 1 is 1.38 bits per heavy atom. The summed E-state index contributed by atoms with van der Waals surface area (Å²) in [6.07, 6.45) is 0. The monoisotopic (exact) mass is 223 g/mol. The summed E-state index contributed by atoms with van der Waals surface area (Å²) in [6.45, 7) is 7.62. The topological polar surface area (TPSA) is 37.4 Å². The van der Waals surface area contributed by atoms with Gasteiger partial charge in [-0.3, -0.25) is 0 Å². The van der Waals surface area contributed by atoms with Crippen LogP contribution in [0.3, 0.4) is 0 Å². The third-order valence-corrected chi connectivity index (χ3v) is 2.27. The second kappa shape index (κ2) is 7.06. The van der Waals surface area contributed by atoms with Gasteiger partial charge in [0.2, 0.25) is 5.88 Å². The van der Waals surface area contributed by atoms with Crippen LogP contribution >= 0.6 is 0 Å². The summed E-state index contributed by atoms with van der Waals surface area (Å²) in [7, 11) is 2.04. The number of aromatic nitrogens is 1. The molecule has 0 atom stereocenters. The first-order valence-electron chi connectivity index (χ1n) is 5.79. The van der Waals surface area contributed by atoms with E-state index in [9.17, 15) is 0 Å². The number of nitrogens with one attached hydrogen (secondary N) is 1. The van der Waals surface area contributed by atoms with Crippen LogP contribution in [0.5, 0.6) is 5.88 Å². The number of hydrogen-bond acceptors (Lipinski definition) is 4. The van der Waals surface area contributed by atoms with Crippen molar-refractivity contribution in [3.63, 3.8) is 0 Å². The van der Waals surface area contributed by atoms with Crippen LogP contribution in [-0.4, -0.2) is 38.3 Å². The second-order valence-electron chi connectivity index (χ2n) is 3.54. The average molecular weight is 223 g/mol. The molecule has 0 aliphatic rings. The molecule has 1 rings (SSSR count). The zero-order valence-corrected chi connectivity index (χ0v) is 10.4. The van der Waals surface area contributed by atoms with Gasteiger partial charge in [-0.05, 0) is 19.5 Å². The van der Waals surface area contributed by atoms with E-state index in [1.165, 1.54) is 0 Å². The van der Waals surface area contributed by atoms with Crippen molar-refractivity contribution in [3.8, 4) is 5.88 Å². The largest absolute Gasteiger partial charge is 0.478 e. The van der Waals surface area contributed by atoms with E-state index in [1.807, 2.05) is 32.2 Å². The summed E-state index contributed by atoms with van der Waals surface area (Å²) in [5.74, 6) is 1.64. The van der Waals surface area contributed by atoms with Gasteiger partial charge in [0.25, 0.3) is 0 Å². The standard InChI is InChI=1S/C12H21N3O/c1-4-13-9-10-15(3)11-7-6-8-12(14-11)16-5-2/h6-8,13H,4-5,9-10H2,1-3H3. The Morgan fingerprint density at radius 3 is 2.88 bits per heavy atom. The van der Waals surface area contributed by atoms with Crippen molar-refractivity contribution in [3.05, 3.63) is 18.2 Å². The van der Waals surface area contributed by atoms with Crippen molar-refractivity contribution in [1.82, 2.24) is 10.3 Å². The Labute approximate surface area is 97.6 Å². The maximum absolute atomic E-state index is 5.37. The van der Waals surface area contributed by atoms with E-state index in [0.717, 1.165) is 25.5 Å². The number of anilines is 1. The number of hydrogen-bond donors (Lipinski definition) is 1. The molecule has 0 radical (unpaired) electrons. The highest BCUT2D eigenvalue weighted by Gasteiger charge is 2.03. The fourth-order valence-corrected chi connectivity index (χ4v) is 1.38. The van der Waals surface area contributed by atoms with Crippen LogP contribution in [-0.2, 0) is 0 Å². The van der Waals surface area contributed by atoms with Crippen LogP contribution < -0.4 is 15.0 Å². The molecule has 4 nitrogen and oxygen atoms in total. The van der Waals surface area contributed by atoms with Gasteiger partial charge in [-0.15, -0.1) is 0 Å². The van der Waals surface area contributed by atoms with Crippen LogP contribution in [0, 0.1) is 0 Å². The van der Waals surface area contributed by atoms with E-state index in [-0.39, 0.29) is 0 Å². The molecule has 1 aromatic heterocycles. The number of pyridine rings is 1. The lowest BCUT2D eigenvalue weighted by Crippen LogP contribution is -2.29. The van der Waals surface area contributed by atoms with Crippen molar-refractivity contribution >= 4 is 5.82 Å². The van der Waals surface area contributed by atoms with Gasteiger partial charge >= 0.3 is 0 Å². The van der Waals surface area contributed by atoms with Gasteiger partial charge in [0.1, 0.15) is 5.82 Å². The maximum atomic E-state index is 5.37. The molecule has 0 aliphatic heterocycles. The Hall–Kier alpha value is -1.29. The van der Waals surface area contributed by atoms with Gasteiger partial charge in [-0.2, -0.15) is 4.98 Å². The minimum absolute atomic E-state index is 0.650. The predicted octanol–water partition coefficient (Wildman–Crippen LogP) is 1.53. The fourth-order valence-electron chi connectivity index (χ4n) is 1.38. The number of ether oxygens (including phenoxy) is 1. The highest BCUT2D eigenvalue weighted by molar-refractivity contribution is 5.39. The molecule has 0 bridgehead atoms. The quantitative estimate of drug-likeness (QED) is 0.711. The summed E-state index contributed by atoms with van der Waals surface area (Å²) in [5, 5.41) is 3.29. The highest BCUT2D eigenvalue weighted by Crippen LogP contribution is 2.14. The Bertz CT molecular complexity index is 304. The van der Waals surface area contributed by atoms with Gasteiger partial charge < -0.3 is 15.0 Å². The zero-order valence-electron chi connectivity index (χ0n) is 10.4. The highest BCUT2D eigenvalue weighted by atomic mass is 16.5. The smallest absolute Gasteiger partial charge is 0.215 e. The zero-order chi connectivity index (χ0) is 11.8. The molecule has 0 saturated carbocycles. The van der Waals surface area contributed by atoms with E-state index in [1.54, 1.807) is 0 Å². The molecule has 90 valence electrons. The summed E-state index contributed by atoms with van der Waals surface area (Å²) in [6, 6.07) is 5.84. The molecular formula is C12H21N3O. The van der Waals surface area contributed by atoms with Crippen molar-refractivity contribution < 1.29 is 4.74 Å². The third kappa shape index (κ3) is 4.06. The molecule has 4 heteroatoms. The van der Waals surface area contributed by atoms with Crippen molar-refractivity contribution in [2.75, 3.05) is 38.2 Å². The third-order valence-electron chi connectivity index (χ3n) is 2.27. The molecule has 0 fully saturated rings. The summed E-state index contributed by atoms with van der Waals surface area (Å²) >= 11 is 0. The lowest BCUT2D eigenvalue weighted by Gasteiger charge is -2.18. The number of nitrogens with zero attached hydrogens (tertiary/aromatic N) is 2. The Kier molecular flexibility index (Phi) is 5.64. The molecule has 0 amide bonds. The average Bonchev–Trinajstić information content (AvgIpc) is 2.30. The van der Waals surface area contributed by atoms with Crippen LogP contribution in [0.15, 0.2) is 18.2 Å². The summed E-state index contributed by atoms with van der Waals surface area (Å²) in [5.41, 5.74) is 0. The lowest BCUT2D eigenvalue weighted by atomic mass is 10.4. The van der Waals surface area contributed by atoms with E-state index in [0.29, 0.717) is 12.5 Å². The van der Waals surface area contributed by atoms with Gasteiger partial charge in [0, 0.05) is 26.2 Å². The van der Waals surface area contributed by atoms with Crippen molar-refractivity contribution in [2.45, 2.75) is 13.8 Å². The van der Waals surface area contributed by atoms with E-state index in [2.05, 4.69) is 22.1 Å². The summed E-state index contributed by atoms with van der Waals surface area (Å²) in [4.78, 5) is 6.53.